The van der Waals surface area contributed by atoms with Gasteiger partial charge in [0, 0.05) is 51.4 Å². The maximum atomic E-state index is 4.98. The zero-order valence-corrected chi connectivity index (χ0v) is 21.6. The molecule has 5 nitrogen and oxygen atoms in total. The third-order valence-electron chi connectivity index (χ3n) is 7.18. The van der Waals surface area contributed by atoms with Crippen LogP contribution in [-0.4, -0.2) is 73.7 Å². The number of aliphatic imine (C=N–C) groups is 1. The van der Waals surface area contributed by atoms with Gasteiger partial charge < -0.3 is 15.5 Å². The molecule has 0 aromatic heterocycles. The zero-order chi connectivity index (χ0) is 20.6. The van der Waals surface area contributed by atoms with E-state index < -0.39 is 0 Å². The van der Waals surface area contributed by atoms with Gasteiger partial charge in [-0.15, -0.1) is 24.0 Å². The van der Waals surface area contributed by atoms with E-state index in [0.717, 1.165) is 31.5 Å². The molecule has 3 aliphatic rings. The average Bonchev–Trinajstić information content (AvgIpc) is 3.53. The summed E-state index contributed by atoms with van der Waals surface area (Å²) in [6.07, 6.45) is 9.33. The molecule has 2 unspecified atom stereocenters. The highest BCUT2D eigenvalue weighted by atomic mass is 127. The van der Waals surface area contributed by atoms with Crippen molar-refractivity contribution in [1.82, 2.24) is 20.4 Å². The van der Waals surface area contributed by atoms with Crippen molar-refractivity contribution in [3.63, 3.8) is 0 Å². The van der Waals surface area contributed by atoms with Gasteiger partial charge in [0.15, 0.2) is 5.96 Å². The summed E-state index contributed by atoms with van der Waals surface area (Å²) < 4.78 is 0. The quantitative estimate of drug-likeness (QED) is 0.300. The Labute approximate surface area is 206 Å². The van der Waals surface area contributed by atoms with Gasteiger partial charge in [0.2, 0.25) is 0 Å². The van der Waals surface area contributed by atoms with E-state index in [2.05, 4.69) is 57.7 Å². The number of likely N-dealkylation sites (tertiary alicyclic amines) is 2. The second-order valence-electron chi connectivity index (χ2n) is 9.47. The number of nitrogens with one attached hydrogen (secondary N) is 2. The van der Waals surface area contributed by atoms with E-state index in [9.17, 15) is 0 Å². The van der Waals surface area contributed by atoms with Crippen LogP contribution in [0.25, 0.3) is 0 Å². The number of benzene rings is 1. The lowest BCUT2D eigenvalue weighted by atomic mass is 10.1. The Morgan fingerprint density at radius 1 is 1.03 bits per heavy atom. The van der Waals surface area contributed by atoms with E-state index >= 15 is 0 Å². The van der Waals surface area contributed by atoms with E-state index in [1.807, 2.05) is 0 Å². The molecule has 1 saturated carbocycles. The topological polar surface area (TPSA) is 42.9 Å². The monoisotopic (exact) mass is 539 g/mol. The second-order valence-corrected chi connectivity index (χ2v) is 9.47. The molecule has 2 aliphatic heterocycles. The van der Waals surface area contributed by atoms with Crippen LogP contribution in [0.1, 0.15) is 51.0 Å². The van der Waals surface area contributed by atoms with Gasteiger partial charge in [-0.2, -0.15) is 0 Å². The molecule has 1 aromatic rings. The standard InChI is InChI=1S/C25H41N5.HI/c1-2-26-25(28-23-14-17-30(20-23)24-10-6-7-11-24)27-18-22-13-16-29(19-22)15-12-21-8-4-3-5-9-21;/h3-5,8-9,22-24H,2,6-7,10-20H2,1H3,(H2,26,27,28);1H. The first-order valence-electron chi connectivity index (χ1n) is 12.4. The molecule has 31 heavy (non-hydrogen) atoms. The van der Waals surface area contributed by atoms with Gasteiger partial charge in [0.1, 0.15) is 0 Å². The van der Waals surface area contributed by atoms with Crippen molar-refractivity contribution in [3.8, 4) is 0 Å². The SMILES string of the molecule is CCNC(=NCC1CCN(CCc2ccccc2)C1)NC1CCN(C2CCCC2)C1.I. The fraction of sp³-hybridized carbons (Fsp3) is 0.720. The fourth-order valence-electron chi connectivity index (χ4n) is 5.44. The third kappa shape index (κ3) is 7.60. The summed E-state index contributed by atoms with van der Waals surface area (Å²) in [4.78, 5) is 10.3. The lowest BCUT2D eigenvalue weighted by Gasteiger charge is -2.24. The van der Waals surface area contributed by atoms with Crippen LogP contribution in [0.2, 0.25) is 0 Å². The van der Waals surface area contributed by atoms with Crippen LogP contribution >= 0.6 is 24.0 Å². The van der Waals surface area contributed by atoms with Crippen LogP contribution in [0.4, 0.5) is 0 Å². The number of hydrogen-bond acceptors (Lipinski definition) is 3. The van der Waals surface area contributed by atoms with Crippen LogP contribution in [0.5, 0.6) is 0 Å². The zero-order valence-electron chi connectivity index (χ0n) is 19.3. The largest absolute Gasteiger partial charge is 0.357 e. The lowest BCUT2D eigenvalue weighted by Crippen LogP contribution is -2.45. The molecular weight excluding hydrogens is 497 g/mol. The van der Waals surface area contributed by atoms with Gasteiger partial charge in [0.05, 0.1) is 0 Å². The molecule has 2 heterocycles. The minimum absolute atomic E-state index is 0. The first-order valence-corrected chi connectivity index (χ1v) is 12.4. The van der Waals surface area contributed by atoms with Crippen LogP contribution in [0.3, 0.4) is 0 Å². The van der Waals surface area contributed by atoms with Gasteiger partial charge in [0.25, 0.3) is 0 Å². The molecule has 1 aromatic carbocycles. The van der Waals surface area contributed by atoms with Crippen molar-refractivity contribution >= 4 is 29.9 Å². The molecule has 0 radical (unpaired) electrons. The Morgan fingerprint density at radius 3 is 2.61 bits per heavy atom. The summed E-state index contributed by atoms with van der Waals surface area (Å²) in [7, 11) is 0. The minimum atomic E-state index is 0. The molecule has 2 atom stereocenters. The summed E-state index contributed by atoms with van der Waals surface area (Å²) in [6.45, 7) is 10.0. The second kappa shape index (κ2) is 13.0. The molecule has 6 heteroatoms. The highest BCUT2D eigenvalue weighted by Crippen LogP contribution is 2.26. The molecule has 0 bridgehead atoms. The van der Waals surface area contributed by atoms with E-state index in [0.29, 0.717) is 12.0 Å². The fourth-order valence-corrected chi connectivity index (χ4v) is 5.44. The smallest absolute Gasteiger partial charge is 0.191 e. The Morgan fingerprint density at radius 2 is 1.84 bits per heavy atom. The summed E-state index contributed by atoms with van der Waals surface area (Å²) >= 11 is 0. The third-order valence-corrected chi connectivity index (χ3v) is 7.18. The van der Waals surface area contributed by atoms with Crippen molar-refractivity contribution in [1.29, 1.82) is 0 Å². The highest BCUT2D eigenvalue weighted by Gasteiger charge is 2.30. The molecule has 2 saturated heterocycles. The number of guanidine groups is 1. The summed E-state index contributed by atoms with van der Waals surface area (Å²) in [6, 6.07) is 12.3. The van der Waals surface area contributed by atoms with E-state index in [1.165, 1.54) is 76.8 Å². The maximum absolute atomic E-state index is 4.98. The first-order chi connectivity index (χ1) is 14.8. The normalized spacial score (nSPS) is 25.6. The minimum Gasteiger partial charge on any atom is -0.357 e. The molecule has 3 fully saturated rings. The number of nitrogens with zero attached hydrogens (tertiary/aromatic N) is 3. The lowest BCUT2D eigenvalue weighted by molar-refractivity contribution is 0.242. The first kappa shape index (κ1) is 24.8. The van der Waals surface area contributed by atoms with Crippen molar-refractivity contribution in [3.05, 3.63) is 35.9 Å². The highest BCUT2D eigenvalue weighted by molar-refractivity contribution is 14.0. The van der Waals surface area contributed by atoms with E-state index in [4.69, 9.17) is 4.99 Å². The summed E-state index contributed by atoms with van der Waals surface area (Å²) in [5, 5.41) is 7.22. The van der Waals surface area contributed by atoms with Crippen LogP contribution in [0.15, 0.2) is 35.3 Å². The van der Waals surface area contributed by atoms with Gasteiger partial charge in [-0.1, -0.05) is 43.2 Å². The number of rotatable bonds is 8. The Kier molecular flexibility index (Phi) is 10.4. The maximum Gasteiger partial charge on any atom is 0.191 e. The number of hydrogen-bond donors (Lipinski definition) is 2. The van der Waals surface area contributed by atoms with E-state index in [1.54, 1.807) is 0 Å². The van der Waals surface area contributed by atoms with Gasteiger partial charge in [-0.25, -0.2) is 0 Å². The molecule has 174 valence electrons. The molecule has 0 amide bonds. The van der Waals surface area contributed by atoms with Crippen LogP contribution < -0.4 is 10.6 Å². The van der Waals surface area contributed by atoms with Crippen LogP contribution in [0, 0.1) is 5.92 Å². The van der Waals surface area contributed by atoms with Crippen molar-refractivity contribution in [2.75, 3.05) is 45.8 Å². The number of halogens is 1. The molecule has 2 N–H and O–H groups in total. The Bertz CT molecular complexity index is 661. The summed E-state index contributed by atoms with van der Waals surface area (Å²) in [5.74, 6) is 1.72. The predicted molar refractivity (Wildman–Crippen MR) is 141 cm³/mol. The molecule has 0 spiro atoms. The van der Waals surface area contributed by atoms with Crippen molar-refractivity contribution in [2.24, 2.45) is 10.9 Å². The van der Waals surface area contributed by atoms with Gasteiger partial charge >= 0.3 is 0 Å². The average molecular weight is 540 g/mol. The predicted octanol–water partition coefficient (Wildman–Crippen LogP) is 3.74. The van der Waals surface area contributed by atoms with Crippen molar-refractivity contribution in [2.45, 2.75) is 64.0 Å². The molecular formula is C25H42IN5. The van der Waals surface area contributed by atoms with Crippen molar-refractivity contribution < 1.29 is 0 Å². The van der Waals surface area contributed by atoms with Gasteiger partial charge in [-0.05, 0) is 57.1 Å². The molecule has 4 rings (SSSR count). The Balaban J connectivity index is 0.00000272. The van der Waals surface area contributed by atoms with E-state index in [-0.39, 0.29) is 24.0 Å². The molecule has 1 aliphatic carbocycles. The van der Waals surface area contributed by atoms with Crippen LogP contribution in [-0.2, 0) is 6.42 Å². The summed E-state index contributed by atoms with van der Waals surface area (Å²) in [5.41, 5.74) is 1.45. The Hall–Kier alpha value is -0.860. The van der Waals surface area contributed by atoms with Gasteiger partial charge in [-0.3, -0.25) is 9.89 Å².